The lowest BCUT2D eigenvalue weighted by molar-refractivity contribution is 1.70. The van der Waals surface area contributed by atoms with E-state index < -0.39 is 0 Å². The van der Waals surface area contributed by atoms with Crippen LogP contribution in [0.1, 0.15) is 0 Å². The number of fused-ring (bicyclic) bond motifs is 14. The lowest BCUT2D eigenvalue weighted by atomic mass is 9.85. The van der Waals surface area contributed by atoms with Crippen LogP contribution >= 0.6 is 34.0 Å². The highest BCUT2D eigenvalue weighted by Crippen LogP contribution is 2.49. The van der Waals surface area contributed by atoms with Crippen molar-refractivity contribution in [2.24, 2.45) is 0 Å². The predicted molar refractivity (Wildman–Crippen MR) is 228 cm³/mol. The number of hydrogen-bond acceptors (Lipinski definition) is 3. The van der Waals surface area contributed by atoms with Gasteiger partial charge in [-0.1, -0.05) is 121 Å². The van der Waals surface area contributed by atoms with Crippen LogP contribution < -0.4 is 0 Å². The molecule has 0 N–H and O–H groups in total. The van der Waals surface area contributed by atoms with E-state index in [9.17, 15) is 0 Å². The summed E-state index contributed by atoms with van der Waals surface area (Å²) < 4.78 is 8.11. The Bertz CT molecular complexity index is 3370. The highest BCUT2D eigenvalue weighted by atomic mass is 32.1. The minimum absolute atomic E-state index is 1.27. The van der Waals surface area contributed by atoms with E-state index in [4.69, 9.17) is 0 Å². The first-order chi connectivity index (χ1) is 25.3. The van der Waals surface area contributed by atoms with Gasteiger partial charge in [0.15, 0.2) is 0 Å². The van der Waals surface area contributed by atoms with E-state index in [1.807, 2.05) is 34.0 Å². The molecule has 0 aliphatic heterocycles. The Kier molecular flexibility index (Phi) is 5.78. The Labute approximate surface area is 305 Å². The number of thiophene rings is 3. The molecule has 9 aromatic carbocycles. The minimum atomic E-state index is 1.27. The normalized spacial score (nSPS) is 12.3. The maximum atomic E-state index is 2.48. The molecule has 3 heterocycles. The first-order valence-electron chi connectivity index (χ1n) is 17.3. The molecule has 0 fully saturated rings. The zero-order valence-corrected chi connectivity index (χ0v) is 29.7. The van der Waals surface area contributed by atoms with Gasteiger partial charge in [-0.15, -0.1) is 34.0 Å². The number of hydrogen-bond donors (Lipinski definition) is 0. The van der Waals surface area contributed by atoms with Gasteiger partial charge in [0.2, 0.25) is 0 Å². The third-order valence-electron chi connectivity index (χ3n) is 10.8. The van der Waals surface area contributed by atoms with Gasteiger partial charge in [-0.2, -0.15) is 0 Å². The lowest BCUT2D eigenvalue weighted by Gasteiger charge is -2.18. The van der Waals surface area contributed by atoms with Gasteiger partial charge in [0.1, 0.15) is 0 Å². The van der Waals surface area contributed by atoms with Crippen LogP contribution in [0, 0.1) is 0 Å². The molecule has 0 nitrogen and oxygen atoms in total. The van der Waals surface area contributed by atoms with Gasteiger partial charge in [-0.25, -0.2) is 0 Å². The third-order valence-corrected chi connectivity index (χ3v) is 14.3. The van der Waals surface area contributed by atoms with E-state index in [0.717, 1.165) is 0 Å². The zero-order valence-electron chi connectivity index (χ0n) is 27.2. The van der Waals surface area contributed by atoms with Crippen LogP contribution in [0.3, 0.4) is 0 Å². The molecule has 0 bridgehead atoms. The van der Waals surface area contributed by atoms with Gasteiger partial charge in [0.05, 0.1) is 0 Å². The van der Waals surface area contributed by atoms with Crippen LogP contribution in [-0.4, -0.2) is 0 Å². The largest absolute Gasteiger partial charge is 0.135 e. The summed E-state index contributed by atoms with van der Waals surface area (Å²) in [5, 5.41) is 16.0. The van der Waals surface area contributed by atoms with E-state index in [1.165, 1.54) is 115 Å². The standard InChI is InChI=1S/C48H26S3/c1-2-10-30-27(9-1)18-23-41-46(30)37-21-24-42-47(48(37)51-41)38-25-28(19-22-40(38)49-42)44-33-12-3-5-14-35(33)45(36-15-6-4-13-34(36)44)29-17-20-32-31-11-7-8-16-39(31)50-43(32)26-29/h1-26H. The smallest absolute Gasteiger partial charge is 0.0448 e. The van der Waals surface area contributed by atoms with E-state index in [0.29, 0.717) is 0 Å². The zero-order chi connectivity index (χ0) is 33.2. The van der Waals surface area contributed by atoms with Gasteiger partial charge >= 0.3 is 0 Å². The molecular weight excluding hydrogens is 673 g/mol. The molecule has 12 aromatic rings. The first kappa shape index (κ1) is 28.2. The molecule has 12 rings (SSSR count). The molecule has 0 unspecified atom stereocenters. The Morgan fingerprint density at radius 3 is 1.55 bits per heavy atom. The summed E-state index contributed by atoms with van der Waals surface area (Å²) in [4.78, 5) is 0. The number of benzene rings is 9. The fourth-order valence-corrected chi connectivity index (χ4v) is 12.2. The Morgan fingerprint density at radius 2 is 0.784 bits per heavy atom. The van der Waals surface area contributed by atoms with Crippen LogP contribution in [-0.2, 0) is 0 Å². The van der Waals surface area contributed by atoms with Crippen LogP contribution in [0.15, 0.2) is 158 Å². The van der Waals surface area contributed by atoms with Crippen molar-refractivity contribution in [1.29, 1.82) is 0 Å². The van der Waals surface area contributed by atoms with Gasteiger partial charge < -0.3 is 0 Å². The van der Waals surface area contributed by atoms with Crippen LogP contribution in [0.4, 0.5) is 0 Å². The van der Waals surface area contributed by atoms with Crippen LogP contribution in [0.25, 0.3) is 115 Å². The van der Waals surface area contributed by atoms with Gasteiger partial charge in [-0.3, -0.25) is 0 Å². The molecule has 51 heavy (non-hydrogen) atoms. The van der Waals surface area contributed by atoms with Crippen LogP contribution in [0.2, 0.25) is 0 Å². The topological polar surface area (TPSA) is 0 Å². The summed E-state index contributed by atoms with van der Waals surface area (Å²) in [5.74, 6) is 0. The molecule has 0 saturated heterocycles. The van der Waals surface area contributed by atoms with Crippen molar-refractivity contribution in [1.82, 2.24) is 0 Å². The molecule has 0 spiro atoms. The lowest BCUT2D eigenvalue weighted by Crippen LogP contribution is -1.90. The average Bonchev–Trinajstić information content (AvgIpc) is 3.87. The molecule has 3 heteroatoms. The quantitative estimate of drug-likeness (QED) is 0.158. The van der Waals surface area contributed by atoms with E-state index in [1.54, 1.807) is 0 Å². The second-order valence-electron chi connectivity index (χ2n) is 13.5. The average molecular weight is 699 g/mol. The second-order valence-corrected chi connectivity index (χ2v) is 16.8. The summed E-state index contributed by atoms with van der Waals surface area (Å²) in [6, 6.07) is 59.2. The predicted octanol–water partition coefficient (Wildman–Crippen LogP) is 15.6. The number of rotatable bonds is 2. The summed E-state index contributed by atoms with van der Waals surface area (Å²) in [6.45, 7) is 0. The third kappa shape index (κ3) is 3.94. The molecule has 0 aliphatic carbocycles. The van der Waals surface area contributed by atoms with Gasteiger partial charge in [-0.05, 0) is 91.0 Å². The fourth-order valence-electron chi connectivity index (χ4n) is 8.65. The summed E-state index contributed by atoms with van der Waals surface area (Å²) in [6.07, 6.45) is 0. The first-order valence-corrected chi connectivity index (χ1v) is 19.8. The van der Waals surface area contributed by atoms with Crippen molar-refractivity contribution in [2.45, 2.75) is 0 Å². The fraction of sp³-hybridized carbons (Fsp3) is 0. The van der Waals surface area contributed by atoms with Crippen molar-refractivity contribution in [3.05, 3.63) is 158 Å². The van der Waals surface area contributed by atoms with Gasteiger partial charge in [0, 0.05) is 60.5 Å². The Hall–Kier alpha value is -5.58. The molecule has 236 valence electrons. The van der Waals surface area contributed by atoms with Crippen molar-refractivity contribution in [3.63, 3.8) is 0 Å². The Balaban J connectivity index is 1.14. The molecule has 3 aromatic heterocycles. The molecule has 0 radical (unpaired) electrons. The van der Waals surface area contributed by atoms with E-state index in [2.05, 4.69) is 158 Å². The summed E-state index contributed by atoms with van der Waals surface area (Å²) in [7, 11) is 0. The minimum Gasteiger partial charge on any atom is -0.135 e. The van der Waals surface area contributed by atoms with Crippen molar-refractivity contribution in [2.75, 3.05) is 0 Å². The van der Waals surface area contributed by atoms with Crippen molar-refractivity contribution in [3.8, 4) is 22.3 Å². The maximum Gasteiger partial charge on any atom is 0.0448 e. The van der Waals surface area contributed by atoms with Crippen molar-refractivity contribution < 1.29 is 0 Å². The summed E-state index contributed by atoms with van der Waals surface area (Å²) >= 11 is 5.74. The summed E-state index contributed by atoms with van der Waals surface area (Å²) in [5.41, 5.74) is 5.16. The van der Waals surface area contributed by atoms with E-state index in [-0.39, 0.29) is 0 Å². The molecule has 0 aliphatic rings. The molecule has 0 amide bonds. The maximum absolute atomic E-state index is 2.48. The monoisotopic (exact) mass is 698 g/mol. The van der Waals surface area contributed by atoms with E-state index >= 15 is 0 Å². The SMILES string of the molecule is c1ccc2c(c1)ccc1sc3c(ccc4sc5ccc(-c6c7ccccc7c(-c7ccc8c(c7)sc7ccccc78)c7ccccc67)cc5c43)c12. The van der Waals surface area contributed by atoms with Gasteiger partial charge in [0.25, 0.3) is 0 Å². The Morgan fingerprint density at radius 1 is 0.275 bits per heavy atom. The second kappa shape index (κ2) is 10.5. The molecular formula is C48H26S3. The highest BCUT2D eigenvalue weighted by Gasteiger charge is 2.20. The molecule has 0 saturated carbocycles. The van der Waals surface area contributed by atoms with Crippen molar-refractivity contribution >= 4 is 127 Å². The van der Waals surface area contributed by atoms with Crippen LogP contribution in [0.5, 0.6) is 0 Å². The highest BCUT2D eigenvalue weighted by molar-refractivity contribution is 7.30. The molecule has 0 atom stereocenters.